The summed E-state index contributed by atoms with van der Waals surface area (Å²) in [5.74, 6) is -11.0. The minimum Gasteiger partial charge on any atom is -0.460 e. The molecule has 0 spiro atoms. The highest BCUT2D eigenvalue weighted by Crippen LogP contribution is 2.42. The second-order valence-electron chi connectivity index (χ2n) is 19.8. The molecular weight excluding hydrogens is 851 g/mol. The maximum absolute atomic E-state index is 14.4. The standard InChI is InChI=1S/C51H79NO14/c1-30-16-12-11-13-17-31(2)43(63-9)29-50(60)22-21-36(7)51(61,66-50)47(57)48(58)52-23-15-14-18-38(52)49(59)65-41(33(4)26-37-19-20-39(53)42(27-37)62-8)28-40(54)32(3)25-35(6)45(56)46(64-10)44(55)34(5)24-30/h11-13,16-17,25,30,32-34,36-39,41-43,45-46,53,56,60-61H,14-15,18-24,26-29H2,1-10H3/b13-11+,16-12+,31-17+,35-25+/t30-,32-,33-,34-,36-,37+,38+,39-,41+,42-,43+,45-,46+,50+,51-/m1/s1. The minimum atomic E-state index is -2.72. The minimum absolute atomic E-state index is 0.0184. The Kier molecular flexibility index (Phi) is 20.7. The predicted molar refractivity (Wildman–Crippen MR) is 246 cm³/mol. The number of aliphatic hydroxyl groups excluding tert-OH is 2. The summed E-state index contributed by atoms with van der Waals surface area (Å²) < 4.78 is 29.0. The van der Waals surface area contributed by atoms with E-state index < -0.39 is 83.5 Å². The number of Topliss-reactive ketones (excluding diaryl/α,β-unsaturated/α-hetero) is 3. The fourth-order valence-corrected chi connectivity index (χ4v) is 10.1. The molecular formula is C51H79NO14. The number of ether oxygens (including phenoxy) is 5. The van der Waals surface area contributed by atoms with Crippen molar-refractivity contribution in [2.75, 3.05) is 27.9 Å². The molecule has 15 heteroatoms. The van der Waals surface area contributed by atoms with E-state index in [2.05, 4.69) is 0 Å². The Labute approximate surface area is 392 Å². The van der Waals surface area contributed by atoms with Gasteiger partial charge in [-0.2, -0.15) is 0 Å². The number of methoxy groups -OCH3 is 3. The van der Waals surface area contributed by atoms with Crippen molar-refractivity contribution in [1.29, 1.82) is 0 Å². The Bertz CT molecular complexity index is 1810. The van der Waals surface area contributed by atoms with Gasteiger partial charge in [0.15, 0.2) is 11.6 Å². The van der Waals surface area contributed by atoms with Gasteiger partial charge in [0.1, 0.15) is 30.1 Å². The zero-order chi connectivity index (χ0) is 49.1. The van der Waals surface area contributed by atoms with Crippen LogP contribution in [0.2, 0.25) is 0 Å². The lowest BCUT2D eigenvalue weighted by Gasteiger charge is -2.46. The SMILES string of the molecule is CO[C@H]1C[C@]2(O)CC[C@@H](C)[C@@](O)(O2)C(=O)C(=O)N2CCCC[C@H]2C(=O)O[C@H]([C@H](C)C[C@@H]2CC[C@@H](O)[C@H](OC)C2)CC(=O)[C@H](C)/C=C(\C)[C@@H](O)[C@@H](OC)C(=O)[C@H](C)C[C@H](C)/C=C/C=C/C=C/1C. The zero-order valence-corrected chi connectivity index (χ0v) is 41.0. The number of aliphatic hydroxyl groups is 4. The van der Waals surface area contributed by atoms with Gasteiger partial charge in [-0.25, -0.2) is 4.79 Å². The fourth-order valence-electron chi connectivity index (χ4n) is 10.1. The van der Waals surface area contributed by atoms with Crippen molar-refractivity contribution in [2.24, 2.45) is 35.5 Å². The molecule has 15 atom stereocenters. The third kappa shape index (κ3) is 14.1. The van der Waals surface area contributed by atoms with E-state index in [1.165, 1.54) is 14.2 Å². The monoisotopic (exact) mass is 930 g/mol. The molecule has 15 nitrogen and oxygen atoms in total. The number of cyclic esters (lactones) is 1. The van der Waals surface area contributed by atoms with Crippen LogP contribution < -0.4 is 0 Å². The van der Waals surface area contributed by atoms with Gasteiger partial charge in [0.25, 0.3) is 11.7 Å². The summed E-state index contributed by atoms with van der Waals surface area (Å²) in [5, 5.41) is 45.6. The highest BCUT2D eigenvalue weighted by molar-refractivity contribution is 6.39. The van der Waals surface area contributed by atoms with E-state index in [9.17, 15) is 44.4 Å². The van der Waals surface area contributed by atoms with Crippen LogP contribution in [0.25, 0.3) is 0 Å². The van der Waals surface area contributed by atoms with Crippen molar-refractivity contribution in [1.82, 2.24) is 4.90 Å². The molecule has 4 aliphatic rings. The van der Waals surface area contributed by atoms with E-state index in [1.54, 1.807) is 53.0 Å². The maximum atomic E-state index is 14.4. The molecule has 1 amide bonds. The van der Waals surface area contributed by atoms with Crippen molar-refractivity contribution < 1.29 is 68.1 Å². The first-order chi connectivity index (χ1) is 31.1. The van der Waals surface area contributed by atoms with Crippen molar-refractivity contribution in [3.8, 4) is 0 Å². The number of esters is 1. The number of fused-ring (bicyclic) bond motifs is 3. The van der Waals surface area contributed by atoms with Crippen LogP contribution >= 0.6 is 0 Å². The number of ketones is 3. The Morgan fingerprint density at radius 1 is 0.864 bits per heavy atom. The number of piperidine rings is 1. The first kappa shape index (κ1) is 55.2. The van der Waals surface area contributed by atoms with Crippen LogP contribution in [0, 0.1) is 35.5 Å². The Hall–Kier alpha value is -3.41. The molecule has 1 aliphatic carbocycles. The average molecular weight is 930 g/mol. The average Bonchev–Trinajstić information content (AvgIpc) is 3.28. The van der Waals surface area contributed by atoms with Gasteiger partial charge >= 0.3 is 5.97 Å². The maximum Gasteiger partial charge on any atom is 0.329 e. The smallest absolute Gasteiger partial charge is 0.329 e. The summed E-state index contributed by atoms with van der Waals surface area (Å²) in [7, 11) is 4.39. The van der Waals surface area contributed by atoms with Gasteiger partial charge in [0.2, 0.25) is 5.79 Å². The van der Waals surface area contributed by atoms with Gasteiger partial charge in [0, 0.05) is 64.9 Å². The van der Waals surface area contributed by atoms with Gasteiger partial charge in [-0.05, 0) is 101 Å². The summed E-state index contributed by atoms with van der Waals surface area (Å²) in [4.78, 5) is 71.8. The van der Waals surface area contributed by atoms with Crippen molar-refractivity contribution in [3.05, 3.63) is 47.6 Å². The molecule has 4 rings (SSSR count). The number of hydrogen-bond donors (Lipinski definition) is 4. The molecule has 0 aromatic rings. The number of amides is 1. The molecule has 0 aromatic carbocycles. The molecule has 3 aliphatic heterocycles. The lowest BCUT2D eigenvalue weighted by atomic mass is 9.78. The first-order valence-corrected chi connectivity index (χ1v) is 24.0. The van der Waals surface area contributed by atoms with Gasteiger partial charge < -0.3 is 49.0 Å². The number of carbonyl (C=O) groups excluding carboxylic acids is 5. The molecule has 1 saturated carbocycles. The van der Waals surface area contributed by atoms with Gasteiger partial charge in [-0.1, -0.05) is 71.1 Å². The van der Waals surface area contributed by atoms with Crippen LogP contribution in [0.1, 0.15) is 126 Å². The third-order valence-corrected chi connectivity index (χ3v) is 14.6. The molecule has 3 heterocycles. The molecule has 2 saturated heterocycles. The van der Waals surface area contributed by atoms with Crippen LogP contribution in [0.3, 0.4) is 0 Å². The van der Waals surface area contributed by atoms with Crippen LogP contribution in [0.5, 0.6) is 0 Å². The van der Waals surface area contributed by atoms with Crippen molar-refractivity contribution in [2.45, 2.75) is 180 Å². The van der Waals surface area contributed by atoms with Crippen LogP contribution in [0.4, 0.5) is 0 Å². The Balaban J connectivity index is 1.72. The topological polar surface area (TPSA) is 216 Å². The van der Waals surface area contributed by atoms with E-state index in [-0.39, 0.29) is 74.1 Å². The van der Waals surface area contributed by atoms with E-state index in [0.29, 0.717) is 56.1 Å². The lowest BCUT2D eigenvalue weighted by molar-refractivity contribution is -0.360. The van der Waals surface area contributed by atoms with E-state index in [0.717, 1.165) is 4.90 Å². The highest BCUT2D eigenvalue weighted by atomic mass is 16.7. The highest BCUT2D eigenvalue weighted by Gasteiger charge is 2.57. The number of rotatable bonds is 6. The third-order valence-electron chi connectivity index (χ3n) is 14.6. The van der Waals surface area contributed by atoms with Crippen molar-refractivity contribution >= 4 is 29.2 Å². The van der Waals surface area contributed by atoms with E-state index in [4.69, 9.17) is 23.7 Å². The van der Waals surface area contributed by atoms with Crippen molar-refractivity contribution in [3.63, 3.8) is 0 Å². The Morgan fingerprint density at radius 2 is 1.58 bits per heavy atom. The molecule has 372 valence electrons. The summed E-state index contributed by atoms with van der Waals surface area (Å²) in [5.41, 5.74) is 1.08. The quantitative estimate of drug-likeness (QED) is 0.147. The number of hydrogen-bond acceptors (Lipinski definition) is 14. The van der Waals surface area contributed by atoms with Crippen LogP contribution in [-0.2, 0) is 47.7 Å². The number of nitrogens with zero attached hydrogens (tertiary/aromatic N) is 1. The molecule has 0 radical (unpaired) electrons. The second-order valence-corrected chi connectivity index (χ2v) is 19.8. The van der Waals surface area contributed by atoms with Gasteiger partial charge in [-0.15, -0.1) is 0 Å². The van der Waals surface area contributed by atoms with Crippen LogP contribution in [0.15, 0.2) is 47.6 Å². The van der Waals surface area contributed by atoms with Gasteiger partial charge in [0.05, 0.1) is 18.3 Å². The van der Waals surface area contributed by atoms with Gasteiger partial charge in [-0.3, -0.25) is 19.2 Å². The molecule has 0 aromatic heterocycles. The summed E-state index contributed by atoms with van der Waals surface area (Å²) in [6, 6.07) is -1.21. The second kappa shape index (κ2) is 24.7. The summed E-state index contributed by atoms with van der Waals surface area (Å²) in [6.07, 6.45) is 9.52. The predicted octanol–water partition coefficient (Wildman–Crippen LogP) is 5.50. The molecule has 4 N–H and O–H groups in total. The Morgan fingerprint density at radius 3 is 2.24 bits per heavy atom. The summed E-state index contributed by atoms with van der Waals surface area (Å²) in [6.45, 7) is 12.4. The van der Waals surface area contributed by atoms with E-state index in [1.807, 2.05) is 39.0 Å². The zero-order valence-electron chi connectivity index (χ0n) is 41.0. The lowest BCUT2D eigenvalue weighted by Crippen LogP contribution is -2.63. The first-order valence-electron chi connectivity index (χ1n) is 24.0. The van der Waals surface area contributed by atoms with E-state index >= 15 is 0 Å². The normalized spacial score (nSPS) is 41.1. The molecule has 2 bridgehead atoms. The largest absolute Gasteiger partial charge is 0.460 e. The number of allylic oxidation sites excluding steroid dienone is 6. The molecule has 0 unspecified atom stereocenters. The molecule has 66 heavy (non-hydrogen) atoms. The molecule has 3 fully saturated rings. The number of carbonyl (C=O) groups is 5. The van der Waals surface area contributed by atoms with Crippen LogP contribution in [-0.4, -0.2) is 137 Å². The fraction of sp³-hybridized carbons (Fsp3) is 0.745. The summed E-state index contributed by atoms with van der Waals surface area (Å²) >= 11 is 0.